The summed E-state index contributed by atoms with van der Waals surface area (Å²) in [4.78, 5) is 25.7. The normalized spacial score (nSPS) is 30.5. The molecule has 4 nitrogen and oxygen atoms in total. The second-order valence-electron chi connectivity index (χ2n) is 4.96. The van der Waals surface area contributed by atoms with Crippen LogP contribution in [-0.4, -0.2) is 35.3 Å². The topological polar surface area (TPSA) is 49.4 Å². The second kappa shape index (κ2) is 4.44. The van der Waals surface area contributed by atoms with Gasteiger partial charge in [-0.3, -0.25) is 9.59 Å². The Bertz CT molecular complexity index is 299. The van der Waals surface area contributed by atoms with Crippen LogP contribution < -0.4 is 5.32 Å². The Labute approximate surface area is 96.4 Å². The van der Waals surface area contributed by atoms with Gasteiger partial charge in [0.05, 0.1) is 0 Å². The van der Waals surface area contributed by atoms with Crippen molar-refractivity contribution in [3.63, 3.8) is 0 Å². The van der Waals surface area contributed by atoms with Crippen molar-refractivity contribution >= 4 is 11.8 Å². The average Bonchev–Trinajstić information content (AvgIpc) is 3.05. The number of carbonyl (C=O) groups is 2. The highest BCUT2D eigenvalue weighted by Crippen LogP contribution is 2.31. The minimum atomic E-state index is -0.291. The zero-order chi connectivity index (χ0) is 11.7. The molecule has 1 saturated heterocycles. The molecular formula is C12H20N2O2. The summed E-state index contributed by atoms with van der Waals surface area (Å²) in [5.41, 5.74) is 0. The van der Waals surface area contributed by atoms with Crippen LogP contribution in [0.4, 0.5) is 0 Å². The van der Waals surface area contributed by atoms with Crippen LogP contribution in [0.25, 0.3) is 0 Å². The highest BCUT2D eigenvalue weighted by molar-refractivity contribution is 5.96. The van der Waals surface area contributed by atoms with Crippen LogP contribution in [0.2, 0.25) is 0 Å². The van der Waals surface area contributed by atoms with Crippen molar-refractivity contribution < 1.29 is 9.59 Å². The molecular weight excluding hydrogens is 204 g/mol. The van der Waals surface area contributed by atoms with Gasteiger partial charge in [0.2, 0.25) is 11.8 Å². The van der Waals surface area contributed by atoms with E-state index in [-0.39, 0.29) is 23.9 Å². The summed E-state index contributed by atoms with van der Waals surface area (Å²) < 4.78 is 0. The van der Waals surface area contributed by atoms with Gasteiger partial charge in [0.1, 0.15) is 12.1 Å². The molecule has 1 N–H and O–H groups in total. The Kier molecular flexibility index (Phi) is 3.17. The van der Waals surface area contributed by atoms with Crippen molar-refractivity contribution in [2.75, 3.05) is 6.54 Å². The van der Waals surface area contributed by atoms with E-state index < -0.39 is 0 Å². The first-order valence-corrected chi connectivity index (χ1v) is 6.24. The largest absolute Gasteiger partial charge is 0.343 e. The van der Waals surface area contributed by atoms with Crippen LogP contribution in [0, 0.1) is 5.92 Å². The molecule has 2 fully saturated rings. The van der Waals surface area contributed by atoms with Gasteiger partial charge >= 0.3 is 0 Å². The van der Waals surface area contributed by atoms with Gasteiger partial charge < -0.3 is 10.2 Å². The molecule has 0 aromatic carbocycles. The first kappa shape index (κ1) is 11.4. The maximum atomic E-state index is 12.1. The lowest BCUT2D eigenvalue weighted by atomic mass is 10.0. The Morgan fingerprint density at radius 3 is 2.62 bits per heavy atom. The summed E-state index contributed by atoms with van der Waals surface area (Å²) >= 11 is 0. The Morgan fingerprint density at radius 2 is 2.06 bits per heavy atom. The summed E-state index contributed by atoms with van der Waals surface area (Å²) in [7, 11) is 0. The predicted octanol–water partition coefficient (Wildman–Crippen LogP) is 0.912. The predicted molar refractivity (Wildman–Crippen MR) is 60.7 cm³/mol. The minimum Gasteiger partial charge on any atom is -0.343 e. The van der Waals surface area contributed by atoms with E-state index in [9.17, 15) is 9.59 Å². The number of piperazine rings is 1. The van der Waals surface area contributed by atoms with E-state index in [0.717, 1.165) is 19.4 Å². The maximum Gasteiger partial charge on any atom is 0.245 e. The van der Waals surface area contributed by atoms with Crippen LogP contribution in [0.15, 0.2) is 0 Å². The molecule has 90 valence electrons. The fraction of sp³-hybridized carbons (Fsp3) is 0.833. The third kappa shape index (κ3) is 2.20. The number of hydrogen-bond acceptors (Lipinski definition) is 2. The molecule has 0 bridgehead atoms. The number of carbonyl (C=O) groups excluding carboxylic acids is 2. The molecule has 1 saturated carbocycles. The fourth-order valence-electron chi connectivity index (χ4n) is 2.20. The third-order valence-electron chi connectivity index (χ3n) is 3.47. The van der Waals surface area contributed by atoms with Gasteiger partial charge in [-0.1, -0.05) is 13.3 Å². The molecule has 0 spiro atoms. The van der Waals surface area contributed by atoms with Gasteiger partial charge in [-0.25, -0.2) is 0 Å². The monoisotopic (exact) mass is 224 g/mol. The Morgan fingerprint density at radius 1 is 1.38 bits per heavy atom. The van der Waals surface area contributed by atoms with E-state index >= 15 is 0 Å². The summed E-state index contributed by atoms with van der Waals surface area (Å²) in [5.74, 6) is 0.749. The molecule has 1 aliphatic carbocycles. The van der Waals surface area contributed by atoms with Crippen LogP contribution in [0.5, 0.6) is 0 Å². The quantitative estimate of drug-likeness (QED) is 0.771. The molecule has 0 radical (unpaired) electrons. The lowest BCUT2D eigenvalue weighted by Crippen LogP contribution is -2.62. The lowest BCUT2D eigenvalue weighted by Gasteiger charge is -2.37. The Balaban J connectivity index is 2.05. The highest BCUT2D eigenvalue weighted by Gasteiger charge is 2.39. The maximum absolute atomic E-state index is 12.1. The molecule has 2 amide bonds. The van der Waals surface area contributed by atoms with Crippen LogP contribution >= 0.6 is 0 Å². The lowest BCUT2D eigenvalue weighted by molar-refractivity contribution is -0.149. The van der Waals surface area contributed by atoms with Gasteiger partial charge in [0.15, 0.2) is 0 Å². The molecule has 1 heterocycles. The molecule has 0 aromatic heterocycles. The number of nitrogens with zero attached hydrogens (tertiary/aromatic N) is 1. The minimum absolute atomic E-state index is 0.00120. The molecule has 2 unspecified atom stereocenters. The zero-order valence-electron chi connectivity index (χ0n) is 10.0. The number of rotatable bonds is 4. The first-order valence-electron chi connectivity index (χ1n) is 6.24. The standard InChI is InChI=1S/C12H20N2O2/c1-3-4-10-12(16)14(7-9-5-6-9)8(2)11(15)13-10/h8-10H,3-7H2,1-2H3,(H,13,15). The summed E-state index contributed by atoms with van der Waals surface area (Å²) in [6.07, 6.45) is 4.08. The first-order chi connectivity index (χ1) is 7.63. The SMILES string of the molecule is CCCC1NC(=O)C(C)N(CC2CC2)C1=O. The van der Waals surface area contributed by atoms with E-state index in [2.05, 4.69) is 5.32 Å². The van der Waals surface area contributed by atoms with Gasteiger partial charge in [0, 0.05) is 6.54 Å². The van der Waals surface area contributed by atoms with Crippen molar-refractivity contribution in [3.8, 4) is 0 Å². The third-order valence-corrected chi connectivity index (χ3v) is 3.47. The molecule has 2 aliphatic rings. The highest BCUT2D eigenvalue weighted by atomic mass is 16.2. The molecule has 2 atom stereocenters. The second-order valence-corrected chi connectivity index (χ2v) is 4.96. The molecule has 16 heavy (non-hydrogen) atoms. The number of amides is 2. The van der Waals surface area contributed by atoms with Gasteiger partial charge in [0.25, 0.3) is 0 Å². The van der Waals surface area contributed by atoms with Crippen LogP contribution in [0.3, 0.4) is 0 Å². The van der Waals surface area contributed by atoms with E-state index in [1.54, 1.807) is 4.90 Å². The summed E-state index contributed by atoms with van der Waals surface area (Å²) in [6, 6.07) is -0.575. The Hall–Kier alpha value is -1.06. The summed E-state index contributed by atoms with van der Waals surface area (Å²) in [5, 5.41) is 2.81. The van der Waals surface area contributed by atoms with Gasteiger partial charge in [-0.15, -0.1) is 0 Å². The van der Waals surface area contributed by atoms with E-state index in [4.69, 9.17) is 0 Å². The number of nitrogens with one attached hydrogen (secondary N) is 1. The van der Waals surface area contributed by atoms with Crippen molar-refractivity contribution in [2.24, 2.45) is 5.92 Å². The summed E-state index contributed by atoms with van der Waals surface area (Å²) in [6.45, 7) is 4.62. The zero-order valence-corrected chi connectivity index (χ0v) is 10.0. The van der Waals surface area contributed by atoms with Gasteiger partial charge in [-0.05, 0) is 32.1 Å². The number of hydrogen-bond donors (Lipinski definition) is 1. The molecule has 1 aliphatic heterocycles. The smallest absolute Gasteiger partial charge is 0.245 e. The molecule has 2 rings (SSSR count). The van der Waals surface area contributed by atoms with Gasteiger partial charge in [-0.2, -0.15) is 0 Å². The fourth-order valence-corrected chi connectivity index (χ4v) is 2.20. The van der Waals surface area contributed by atoms with Crippen molar-refractivity contribution in [2.45, 2.75) is 51.6 Å². The average molecular weight is 224 g/mol. The van der Waals surface area contributed by atoms with Crippen molar-refractivity contribution in [3.05, 3.63) is 0 Å². The van der Waals surface area contributed by atoms with Crippen LogP contribution in [0.1, 0.15) is 39.5 Å². The molecule has 4 heteroatoms. The van der Waals surface area contributed by atoms with E-state index in [1.165, 1.54) is 12.8 Å². The van der Waals surface area contributed by atoms with Crippen molar-refractivity contribution in [1.82, 2.24) is 10.2 Å². The van der Waals surface area contributed by atoms with E-state index in [1.807, 2.05) is 13.8 Å². The van der Waals surface area contributed by atoms with Crippen molar-refractivity contribution in [1.29, 1.82) is 0 Å². The van der Waals surface area contributed by atoms with Crippen LogP contribution in [-0.2, 0) is 9.59 Å². The van der Waals surface area contributed by atoms with E-state index in [0.29, 0.717) is 5.92 Å². The molecule has 0 aromatic rings.